The highest BCUT2D eigenvalue weighted by Crippen LogP contribution is 2.30. The third kappa shape index (κ3) is 2.25. The molecule has 0 saturated carbocycles. The lowest BCUT2D eigenvalue weighted by atomic mass is 9.97. The van der Waals surface area contributed by atoms with Gasteiger partial charge in [0.25, 0.3) is 0 Å². The molecule has 1 aromatic rings. The summed E-state index contributed by atoms with van der Waals surface area (Å²) in [5, 5.41) is 0. The van der Waals surface area contributed by atoms with Crippen LogP contribution in [0, 0.1) is 5.82 Å². The molecule has 14 heavy (non-hydrogen) atoms. The minimum absolute atomic E-state index is 0.168. The molecule has 2 rings (SSSR count). The second-order valence-electron chi connectivity index (χ2n) is 3.59. The molecule has 0 unspecified atom stereocenters. The highest BCUT2D eigenvalue weighted by Gasteiger charge is 2.25. The van der Waals surface area contributed by atoms with Crippen molar-refractivity contribution in [1.29, 1.82) is 0 Å². The number of benzene rings is 1. The lowest BCUT2D eigenvalue weighted by Gasteiger charge is -2.07. The van der Waals surface area contributed by atoms with Gasteiger partial charge in [0.15, 0.2) is 0 Å². The molecule has 1 heterocycles. The molecule has 1 aliphatic heterocycles. The van der Waals surface area contributed by atoms with E-state index < -0.39 is 0 Å². The van der Waals surface area contributed by atoms with Crippen molar-refractivity contribution in [3.8, 4) is 0 Å². The standard InChI is InChI=1S/C11H12FIO/c12-10-3-1-8(2-4-10)9-5-11(6-13)14-7-9/h1-4,9,11H,5-7H2/t9-,11+/m0/s1. The Morgan fingerprint density at radius 3 is 2.64 bits per heavy atom. The van der Waals surface area contributed by atoms with Crippen LogP contribution < -0.4 is 0 Å². The zero-order valence-corrected chi connectivity index (χ0v) is 9.91. The fourth-order valence-corrected chi connectivity index (χ4v) is 2.39. The quantitative estimate of drug-likeness (QED) is 0.602. The predicted octanol–water partition coefficient (Wildman–Crippen LogP) is 3.13. The van der Waals surface area contributed by atoms with E-state index in [1.807, 2.05) is 12.1 Å². The molecule has 3 heteroatoms. The summed E-state index contributed by atoms with van der Waals surface area (Å²) in [6, 6.07) is 6.76. The molecule has 1 saturated heterocycles. The van der Waals surface area contributed by atoms with Crippen LogP contribution in [0.25, 0.3) is 0 Å². The Kier molecular flexibility index (Phi) is 3.38. The van der Waals surface area contributed by atoms with Gasteiger partial charge in [-0.05, 0) is 24.1 Å². The van der Waals surface area contributed by atoms with Gasteiger partial charge < -0.3 is 4.74 Å². The molecular weight excluding hydrogens is 294 g/mol. The van der Waals surface area contributed by atoms with Crippen molar-refractivity contribution in [2.24, 2.45) is 0 Å². The lowest BCUT2D eigenvalue weighted by Crippen LogP contribution is -2.05. The molecule has 0 bridgehead atoms. The van der Waals surface area contributed by atoms with Crippen LogP contribution >= 0.6 is 22.6 Å². The maximum atomic E-state index is 12.7. The van der Waals surface area contributed by atoms with Gasteiger partial charge in [0, 0.05) is 10.3 Å². The fourth-order valence-electron chi connectivity index (χ4n) is 1.78. The average Bonchev–Trinajstić information content (AvgIpc) is 2.67. The molecule has 0 amide bonds. The van der Waals surface area contributed by atoms with E-state index in [2.05, 4.69) is 22.6 Å². The van der Waals surface area contributed by atoms with Gasteiger partial charge in [-0.1, -0.05) is 34.7 Å². The van der Waals surface area contributed by atoms with Crippen molar-refractivity contribution >= 4 is 22.6 Å². The van der Waals surface area contributed by atoms with Crippen molar-refractivity contribution in [1.82, 2.24) is 0 Å². The Hall–Kier alpha value is -0.160. The third-order valence-corrected chi connectivity index (χ3v) is 3.58. The van der Waals surface area contributed by atoms with E-state index in [9.17, 15) is 4.39 Å². The number of ether oxygens (including phenoxy) is 1. The number of halogens is 2. The van der Waals surface area contributed by atoms with Crippen LogP contribution in [-0.2, 0) is 4.74 Å². The SMILES string of the molecule is Fc1ccc([C@@H]2CO[C@@H](CI)C2)cc1. The molecule has 76 valence electrons. The smallest absolute Gasteiger partial charge is 0.123 e. The van der Waals surface area contributed by atoms with Crippen molar-refractivity contribution in [3.05, 3.63) is 35.6 Å². The van der Waals surface area contributed by atoms with E-state index in [0.29, 0.717) is 12.0 Å². The van der Waals surface area contributed by atoms with Gasteiger partial charge in [0.1, 0.15) is 5.82 Å². The zero-order valence-electron chi connectivity index (χ0n) is 7.75. The van der Waals surface area contributed by atoms with E-state index in [0.717, 1.165) is 17.5 Å². The Morgan fingerprint density at radius 1 is 1.36 bits per heavy atom. The molecule has 0 aliphatic carbocycles. The summed E-state index contributed by atoms with van der Waals surface area (Å²) >= 11 is 2.34. The van der Waals surface area contributed by atoms with Crippen LogP contribution in [0.3, 0.4) is 0 Å². The summed E-state index contributed by atoms with van der Waals surface area (Å²) in [5.74, 6) is 0.286. The highest BCUT2D eigenvalue weighted by molar-refractivity contribution is 14.1. The summed E-state index contributed by atoms with van der Waals surface area (Å²) in [4.78, 5) is 0. The summed E-state index contributed by atoms with van der Waals surface area (Å²) in [5.41, 5.74) is 1.19. The molecule has 0 radical (unpaired) electrons. The maximum absolute atomic E-state index is 12.7. The second-order valence-corrected chi connectivity index (χ2v) is 4.47. The topological polar surface area (TPSA) is 9.23 Å². The van der Waals surface area contributed by atoms with E-state index in [1.54, 1.807) is 0 Å². The number of hydrogen-bond donors (Lipinski definition) is 0. The van der Waals surface area contributed by atoms with Crippen LogP contribution in [0.1, 0.15) is 17.9 Å². The molecule has 0 N–H and O–H groups in total. The fraction of sp³-hybridized carbons (Fsp3) is 0.455. The summed E-state index contributed by atoms with van der Waals surface area (Å²) in [6.07, 6.45) is 1.44. The van der Waals surface area contributed by atoms with E-state index in [4.69, 9.17) is 4.74 Å². The molecule has 1 aliphatic rings. The first-order valence-corrected chi connectivity index (χ1v) is 6.25. The van der Waals surface area contributed by atoms with Gasteiger partial charge >= 0.3 is 0 Å². The van der Waals surface area contributed by atoms with Crippen LogP contribution in [0.4, 0.5) is 4.39 Å². The first kappa shape index (κ1) is 10.4. The lowest BCUT2D eigenvalue weighted by molar-refractivity contribution is 0.129. The molecule has 1 aromatic carbocycles. The Balaban J connectivity index is 2.06. The summed E-state index contributed by atoms with van der Waals surface area (Å²) in [7, 11) is 0. The third-order valence-electron chi connectivity index (χ3n) is 2.59. The molecule has 0 aromatic heterocycles. The Morgan fingerprint density at radius 2 is 2.07 bits per heavy atom. The predicted molar refractivity (Wildman–Crippen MR) is 62.4 cm³/mol. The van der Waals surface area contributed by atoms with E-state index in [1.165, 1.54) is 17.7 Å². The Labute approximate surface area is 96.8 Å². The van der Waals surface area contributed by atoms with E-state index >= 15 is 0 Å². The minimum Gasteiger partial charge on any atom is -0.377 e. The normalized spacial score (nSPS) is 26.7. The number of alkyl halides is 1. The van der Waals surface area contributed by atoms with Crippen LogP contribution in [-0.4, -0.2) is 17.1 Å². The Bertz CT molecular complexity index is 299. The van der Waals surface area contributed by atoms with Crippen LogP contribution in [0.15, 0.2) is 24.3 Å². The van der Waals surface area contributed by atoms with Gasteiger partial charge in [-0.15, -0.1) is 0 Å². The van der Waals surface area contributed by atoms with Crippen molar-refractivity contribution < 1.29 is 9.13 Å². The maximum Gasteiger partial charge on any atom is 0.123 e. The average molecular weight is 306 g/mol. The van der Waals surface area contributed by atoms with Gasteiger partial charge in [-0.3, -0.25) is 0 Å². The van der Waals surface area contributed by atoms with Crippen molar-refractivity contribution in [3.63, 3.8) is 0 Å². The minimum atomic E-state index is -0.168. The van der Waals surface area contributed by atoms with Crippen molar-refractivity contribution in [2.75, 3.05) is 11.0 Å². The van der Waals surface area contributed by atoms with Gasteiger partial charge in [-0.2, -0.15) is 0 Å². The van der Waals surface area contributed by atoms with Gasteiger partial charge in [-0.25, -0.2) is 4.39 Å². The highest BCUT2D eigenvalue weighted by atomic mass is 127. The summed E-state index contributed by atoms with van der Waals surface area (Å²) < 4.78 is 19.3. The van der Waals surface area contributed by atoms with Crippen LogP contribution in [0.5, 0.6) is 0 Å². The van der Waals surface area contributed by atoms with Crippen molar-refractivity contribution in [2.45, 2.75) is 18.4 Å². The number of hydrogen-bond acceptors (Lipinski definition) is 1. The molecule has 1 fully saturated rings. The van der Waals surface area contributed by atoms with Gasteiger partial charge in [0.2, 0.25) is 0 Å². The molecule has 0 spiro atoms. The first-order valence-electron chi connectivity index (χ1n) is 4.72. The molecule has 2 atom stereocenters. The van der Waals surface area contributed by atoms with E-state index in [-0.39, 0.29) is 5.82 Å². The number of rotatable bonds is 2. The van der Waals surface area contributed by atoms with Gasteiger partial charge in [0.05, 0.1) is 12.7 Å². The largest absolute Gasteiger partial charge is 0.377 e. The molecular formula is C11H12FIO. The summed E-state index contributed by atoms with van der Waals surface area (Å²) in [6.45, 7) is 0.777. The first-order chi connectivity index (χ1) is 6.79. The zero-order chi connectivity index (χ0) is 9.97. The monoisotopic (exact) mass is 306 g/mol. The van der Waals surface area contributed by atoms with Crippen LogP contribution in [0.2, 0.25) is 0 Å². The second kappa shape index (κ2) is 4.57. The molecule has 1 nitrogen and oxygen atoms in total.